The van der Waals surface area contributed by atoms with Gasteiger partial charge in [0.05, 0.1) is 11.1 Å². The Hall–Kier alpha value is -2.26. The van der Waals surface area contributed by atoms with Crippen LogP contribution in [0.25, 0.3) is 0 Å². The van der Waals surface area contributed by atoms with Gasteiger partial charge in [0, 0.05) is 43.6 Å². The molecule has 1 aromatic carbocycles. The SMILES string of the molecule is O=C1CCC(N2C(=O)c3ccc(N4CCN(CCCCCCCBr)CC4)cc3C2=O)C(=O)N1. The summed E-state index contributed by atoms with van der Waals surface area (Å²) in [4.78, 5) is 55.3. The van der Waals surface area contributed by atoms with E-state index >= 15 is 0 Å². The monoisotopic (exact) mass is 518 g/mol. The smallest absolute Gasteiger partial charge is 0.262 e. The summed E-state index contributed by atoms with van der Waals surface area (Å²) in [5.41, 5.74) is 1.59. The molecule has 3 heterocycles. The number of rotatable bonds is 9. The lowest BCUT2D eigenvalue weighted by Gasteiger charge is -2.36. The zero-order chi connectivity index (χ0) is 23.4. The van der Waals surface area contributed by atoms with E-state index in [0.717, 1.165) is 48.6 Å². The van der Waals surface area contributed by atoms with Crippen LogP contribution in [0.2, 0.25) is 0 Å². The Labute approximate surface area is 202 Å². The van der Waals surface area contributed by atoms with Gasteiger partial charge in [0.2, 0.25) is 11.8 Å². The number of piperazine rings is 1. The minimum Gasteiger partial charge on any atom is -0.369 e. The molecule has 0 aliphatic carbocycles. The highest BCUT2D eigenvalue weighted by Gasteiger charge is 2.44. The van der Waals surface area contributed by atoms with E-state index < -0.39 is 23.8 Å². The number of hydrogen-bond acceptors (Lipinski definition) is 6. The highest BCUT2D eigenvalue weighted by atomic mass is 79.9. The maximum Gasteiger partial charge on any atom is 0.262 e. The number of piperidine rings is 1. The van der Waals surface area contributed by atoms with Gasteiger partial charge >= 0.3 is 0 Å². The number of hydrogen-bond donors (Lipinski definition) is 1. The normalized spacial score (nSPS) is 21.5. The fourth-order valence-corrected chi connectivity index (χ4v) is 5.24. The van der Waals surface area contributed by atoms with Gasteiger partial charge in [-0.05, 0) is 44.0 Å². The van der Waals surface area contributed by atoms with Gasteiger partial charge in [0.15, 0.2) is 0 Å². The maximum atomic E-state index is 13.0. The van der Waals surface area contributed by atoms with E-state index in [4.69, 9.17) is 0 Å². The van der Waals surface area contributed by atoms with Gasteiger partial charge in [-0.25, -0.2) is 0 Å². The van der Waals surface area contributed by atoms with Crippen LogP contribution >= 0.6 is 15.9 Å². The average molecular weight is 519 g/mol. The lowest BCUT2D eigenvalue weighted by atomic mass is 10.0. The number of anilines is 1. The van der Waals surface area contributed by atoms with Crippen molar-refractivity contribution in [3.8, 4) is 0 Å². The Morgan fingerprint density at radius 3 is 2.30 bits per heavy atom. The van der Waals surface area contributed by atoms with Crippen molar-refractivity contribution in [3.63, 3.8) is 0 Å². The zero-order valence-corrected chi connectivity index (χ0v) is 20.4. The van der Waals surface area contributed by atoms with Gasteiger partial charge in [-0.1, -0.05) is 35.2 Å². The highest BCUT2D eigenvalue weighted by Crippen LogP contribution is 2.31. The molecule has 8 nitrogen and oxygen atoms in total. The second-order valence-electron chi connectivity index (χ2n) is 8.96. The molecule has 2 fully saturated rings. The third kappa shape index (κ3) is 5.30. The lowest BCUT2D eigenvalue weighted by molar-refractivity contribution is -0.136. The summed E-state index contributed by atoms with van der Waals surface area (Å²) >= 11 is 3.48. The van der Waals surface area contributed by atoms with Crippen LogP contribution < -0.4 is 10.2 Å². The Kier molecular flexibility index (Phi) is 7.80. The van der Waals surface area contributed by atoms with E-state index in [1.54, 1.807) is 12.1 Å². The van der Waals surface area contributed by atoms with Crippen molar-refractivity contribution in [2.45, 2.75) is 51.0 Å². The molecule has 0 bridgehead atoms. The van der Waals surface area contributed by atoms with Crippen molar-refractivity contribution in [2.24, 2.45) is 0 Å². The number of alkyl halides is 1. The largest absolute Gasteiger partial charge is 0.369 e. The molecule has 0 aromatic heterocycles. The predicted octanol–water partition coefficient (Wildman–Crippen LogP) is 2.56. The van der Waals surface area contributed by atoms with E-state index in [0.29, 0.717) is 11.1 Å². The van der Waals surface area contributed by atoms with E-state index in [9.17, 15) is 19.2 Å². The summed E-state index contributed by atoms with van der Waals surface area (Å²) in [6, 6.07) is 4.43. The van der Waals surface area contributed by atoms with Crippen molar-refractivity contribution in [3.05, 3.63) is 29.3 Å². The second-order valence-corrected chi connectivity index (χ2v) is 9.76. The van der Waals surface area contributed by atoms with E-state index in [2.05, 4.69) is 31.0 Å². The first kappa shape index (κ1) is 23.9. The Balaban J connectivity index is 1.33. The fourth-order valence-electron chi connectivity index (χ4n) is 4.85. The molecule has 1 atom stereocenters. The Bertz CT molecular complexity index is 929. The van der Waals surface area contributed by atoms with Gasteiger partial charge in [0.25, 0.3) is 11.8 Å². The van der Waals surface area contributed by atoms with Gasteiger partial charge in [-0.2, -0.15) is 0 Å². The number of halogens is 1. The van der Waals surface area contributed by atoms with Crippen LogP contribution in [0.4, 0.5) is 5.69 Å². The maximum absolute atomic E-state index is 13.0. The molecule has 9 heteroatoms. The number of amides is 4. The van der Waals surface area contributed by atoms with E-state index in [1.165, 1.54) is 32.1 Å². The minimum atomic E-state index is -0.929. The summed E-state index contributed by atoms with van der Waals surface area (Å²) in [6.45, 7) is 4.84. The first-order valence-corrected chi connectivity index (χ1v) is 13.0. The lowest BCUT2D eigenvalue weighted by Crippen LogP contribution is -2.54. The summed E-state index contributed by atoms with van der Waals surface area (Å²) in [6.07, 6.45) is 6.63. The molecular formula is C24H31BrN4O4. The molecule has 4 amide bonds. The first-order chi connectivity index (χ1) is 16.0. The molecule has 0 saturated carbocycles. The van der Waals surface area contributed by atoms with Crippen molar-refractivity contribution < 1.29 is 19.2 Å². The molecular weight excluding hydrogens is 488 g/mol. The van der Waals surface area contributed by atoms with Gasteiger partial charge in [0.1, 0.15) is 6.04 Å². The molecule has 33 heavy (non-hydrogen) atoms. The molecule has 2 saturated heterocycles. The minimum absolute atomic E-state index is 0.121. The first-order valence-electron chi connectivity index (χ1n) is 11.9. The fraction of sp³-hybridized carbons (Fsp3) is 0.583. The van der Waals surface area contributed by atoms with Crippen molar-refractivity contribution in [1.82, 2.24) is 15.1 Å². The molecule has 4 rings (SSSR count). The van der Waals surface area contributed by atoms with Crippen LogP contribution in [0.15, 0.2) is 18.2 Å². The molecule has 3 aliphatic heterocycles. The third-order valence-corrected chi connectivity index (χ3v) is 7.33. The Morgan fingerprint density at radius 2 is 1.58 bits per heavy atom. The zero-order valence-electron chi connectivity index (χ0n) is 18.9. The van der Waals surface area contributed by atoms with Crippen LogP contribution in [-0.2, 0) is 9.59 Å². The second kappa shape index (κ2) is 10.8. The van der Waals surface area contributed by atoms with Gasteiger partial charge in [-0.3, -0.25) is 34.3 Å². The summed E-state index contributed by atoms with van der Waals surface area (Å²) in [5, 5.41) is 3.32. The molecule has 1 unspecified atom stereocenters. The predicted molar refractivity (Wildman–Crippen MR) is 129 cm³/mol. The highest BCUT2D eigenvalue weighted by molar-refractivity contribution is 9.09. The standard InChI is InChI=1S/C24H31BrN4O4/c25-10-4-2-1-3-5-11-27-12-14-28(15-13-27)17-6-7-18-19(16-17)24(33)29(23(18)32)20-8-9-21(30)26-22(20)31/h6-7,16,20H,1-5,8-15H2,(H,26,30,31). The number of benzene rings is 1. The van der Waals surface area contributed by atoms with Gasteiger partial charge in [-0.15, -0.1) is 0 Å². The number of unbranched alkanes of at least 4 members (excludes halogenated alkanes) is 4. The Morgan fingerprint density at radius 1 is 0.879 bits per heavy atom. The van der Waals surface area contributed by atoms with Crippen LogP contribution in [0.1, 0.15) is 65.7 Å². The van der Waals surface area contributed by atoms with Crippen LogP contribution in [-0.4, -0.2) is 77.5 Å². The summed E-state index contributed by atoms with van der Waals surface area (Å²) < 4.78 is 0. The number of nitrogens with one attached hydrogen (secondary N) is 1. The van der Waals surface area contributed by atoms with Crippen LogP contribution in [0, 0.1) is 0 Å². The molecule has 178 valence electrons. The van der Waals surface area contributed by atoms with E-state index in [1.807, 2.05) is 6.07 Å². The number of imide groups is 2. The van der Waals surface area contributed by atoms with Crippen molar-refractivity contribution in [2.75, 3.05) is 43.0 Å². The third-order valence-electron chi connectivity index (χ3n) is 6.77. The van der Waals surface area contributed by atoms with Crippen molar-refractivity contribution in [1.29, 1.82) is 0 Å². The van der Waals surface area contributed by atoms with Gasteiger partial charge < -0.3 is 4.90 Å². The quantitative estimate of drug-likeness (QED) is 0.307. The number of carbonyl (C=O) groups is 4. The summed E-state index contributed by atoms with van der Waals surface area (Å²) in [7, 11) is 0. The van der Waals surface area contributed by atoms with E-state index in [-0.39, 0.29) is 18.7 Å². The molecule has 1 aromatic rings. The molecule has 3 aliphatic rings. The average Bonchev–Trinajstić information content (AvgIpc) is 3.06. The number of nitrogens with zero attached hydrogens (tertiary/aromatic N) is 3. The number of fused-ring (bicyclic) bond motifs is 1. The topological polar surface area (TPSA) is 90.0 Å². The number of carbonyl (C=O) groups excluding carboxylic acids is 4. The van der Waals surface area contributed by atoms with Crippen LogP contribution in [0.3, 0.4) is 0 Å². The molecule has 0 radical (unpaired) electrons. The summed E-state index contributed by atoms with van der Waals surface area (Å²) in [5.74, 6) is -1.87. The molecule has 0 spiro atoms. The van der Waals surface area contributed by atoms with Crippen molar-refractivity contribution >= 4 is 45.2 Å². The molecule has 1 N–H and O–H groups in total. The van der Waals surface area contributed by atoms with Crippen LogP contribution in [0.5, 0.6) is 0 Å².